The molecular weight excluding hydrogens is 273 g/mol. The van der Waals surface area contributed by atoms with Crippen LogP contribution in [0.5, 0.6) is 0 Å². The lowest BCUT2D eigenvalue weighted by Gasteiger charge is -2.21. The van der Waals surface area contributed by atoms with E-state index in [9.17, 15) is 18.0 Å². The molecule has 1 aliphatic carbocycles. The maximum absolute atomic E-state index is 12.8. The largest absolute Gasteiger partial charge is 0.417 e. The third kappa shape index (κ3) is 3.75. The summed E-state index contributed by atoms with van der Waals surface area (Å²) in [5.74, 6) is 0. The lowest BCUT2D eigenvalue weighted by atomic mass is 10.0. The third-order valence-electron chi connectivity index (χ3n) is 3.31. The smallest absolute Gasteiger partial charge is 0.298 e. The Morgan fingerprint density at radius 2 is 1.84 bits per heavy atom. The first-order chi connectivity index (χ1) is 9.00. The zero-order chi connectivity index (χ0) is 13.9. The molecule has 0 saturated heterocycles. The van der Waals surface area contributed by atoms with Crippen molar-refractivity contribution in [2.24, 2.45) is 0 Å². The number of alkyl halides is 3. The van der Waals surface area contributed by atoms with Gasteiger partial charge in [-0.15, -0.1) is 11.8 Å². The molecule has 1 fully saturated rings. The molecule has 0 bridgehead atoms. The molecule has 0 heterocycles. The highest BCUT2D eigenvalue weighted by Crippen LogP contribution is 2.38. The van der Waals surface area contributed by atoms with E-state index in [-0.39, 0.29) is 11.8 Å². The number of hydrogen-bond donors (Lipinski definition) is 0. The van der Waals surface area contributed by atoms with Crippen LogP contribution in [0.15, 0.2) is 23.1 Å². The average molecular weight is 288 g/mol. The molecule has 1 nitrogen and oxygen atoms in total. The minimum atomic E-state index is -4.47. The van der Waals surface area contributed by atoms with Crippen LogP contribution in [0.25, 0.3) is 0 Å². The van der Waals surface area contributed by atoms with E-state index in [1.54, 1.807) is 6.07 Å². The SMILES string of the molecule is O=Cc1ccc(SC2CCCCC2)cc1C(F)(F)F. The van der Waals surface area contributed by atoms with Gasteiger partial charge in [0.05, 0.1) is 5.56 Å². The molecule has 0 amide bonds. The molecule has 104 valence electrons. The summed E-state index contributed by atoms with van der Waals surface area (Å²) in [4.78, 5) is 11.3. The molecule has 0 unspecified atom stereocenters. The lowest BCUT2D eigenvalue weighted by Crippen LogP contribution is -2.10. The highest BCUT2D eigenvalue weighted by atomic mass is 32.2. The number of benzene rings is 1. The zero-order valence-electron chi connectivity index (χ0n) is 10.4. The van der Waals surface area contributed by atoms with Crippen LogP contribution in [0.4, 0.5) is 13.2 Å². The van der Waals surface area contributed by atoms with E-state index in [0.717, 1.165) is 31.7 Å². The highest BCUT2D eigenvalue weighted by molar-refractivity contribution is 8.00. The minimum Gasteiger partial charge on any atom is -0.298 e. The summed E-state index contributed by atoms with van der Waals surface area (Å²) >= 11 is 1.50. The Morgan fingerprint density at radius 3 is 2.42 bits per heavy atom. The quantitative estimate of drug-likeness (QED) is 0.733. The number of carbonyl (C=O) groups excluding carboxylic acids is 1. The van der Waals surface area contributed by atoms with Gasteiger partial charge in [-0.25, -0.2) is 0 Å². The second kappa shape index (κ2) is 5.99. The predicted molar refractivity (Wildman–Crippen MR) is 69.6 cm³/mol. The Hall–Kier alpha value is -0.970. The molecule has 1 aliphatic rings. The van der Waals surface area contributed by atoms with Gasteiger partial charge in [0.15, 0.2) is 6.29 Å². The summed E-state index contributed by atoms with van der Waals surface area (Å²) in [6, 6.07) is 3.97. The fourth-order valence-electron chi connectivity index (χ4n) is 2.33. The lowest BCUT2D eigenvalue weighted by molar-refractivity contribution is -0.138. The van der Waals surface area contributed by atoms with Crippen molar-refractivity contribution >= 4 is 18.0 Å². The second-order valence-corrected chi connectivity index (χ2v) is 6.12. The maximum atomic E-state index is 12.8. The molecule has 0 spiro atoms. The molecular formula is C14H15F3OS. The zero-order valence-corrected chi connectivity index (χ0v) is 11.2. The van der Waals surface area contributed by atoms with Crippen LogP contribution < -0.4 is 0 Å². The predicted octanol–water partition coefficient (Wildman–Crippen LogP) is 4.94. The van der Waals surface area contributed by atoms with Crippen LogP contribution >= 0.6 is 11.8 Å². The molecule has 1 saturated carbocycles. The Kier molecular flexibility index (Phi) is 4.55. The van der Waals surface area contributed by atoms with Crippen molar-refractivity contribution in [2.45, 2.75) is 48.4 Å². The Morgan fingerprint density at radius 1 is 1.16 bits per heavy atom. The number of thioether (sulfide) groups is 1. The molecule has 0 aromatic heterocycles. The summed E-state index contributed by atoms with van der Waals surface area (Å²) < 4.78 is 38.5. The van der Waals surface area contributed by atoms with Crippen LogP contribution in [-0.2, 0) is 6.18 Å². The van der Waals surface area contributed by atoms with Gasteiger partial charge in [0.1, 0.15) is 0 Å². The first-order valence-electron chi connectivity index (χ1n) is 6.34. The fraction of sp³-hybridized carbons (Fsp3) is 0.500. The number of halogens is 3. The standard InChI is InChI=1S/C14H15F3OS/c15-14(16,17)13-8-12(7-6-10(13)9-18)19-11-4-2-1-3-5-11/h6-9,11H,1-5H2. The van der Waals surface area contributed by atoms with Gasteiger partial charge in [-0.05, 0) is 31.0 Å². The van der Waals surface area contributed by atoms with Crippen molar-refractivity contribution in [1.82, 2.24) is 0 Å². The Labute approximate surface area is 114 Å². The molecule has 5 heteroatoms. The van der Waals surface area contributed by atoms with E-state index in [2.05, 4.69) is 0 Å². The van der Waals surface area contributed by atoms with E-state index in [0.29, 0.717) is 10.1 Å². The Balaban J connectivity index is 2.20. The van der Waals surface area contributed by atoms with Crippen molar-refractivity contribution in [2.75, 3.05) is 0 Å². The summed E-state index contributed by atoms with van der Waals surface area (Å²) in [5.41, 5.74) is -1.12. The van der Waals surface area contributed by atoms with Crippen molar-refractivity contribution in [3.63, 3.8) is 0 Å². The number of hydrogen-bond acceptors (Lipinski definition) is 2. The van der Waals surface area contributed by atoms with Gasteiger partial charge in [0.2, 0.25) is 0 Å². The van der Waals surface area contributed by atoms with E-state index in [4.69, 9.17) is 0 Å². The number of rotatable bonds is 3. The van der Waals surface area contributed by atoms with E-state index in [1.165, 1.54) is 24.2 Å². The average Bonchev–Trinajstić information content (AvgIpc) is 2.39. The monoisotopic (exact) mass is 288 g/mol. The van der Waals surface area contributed by atoms with Crippen LogP contribution in [-0.4, -0.2) is 11.5 Å². The molecule has 0 radical (unpaired) electrons. The molecule has 0 aliphatic heterocycles. The minimum absolute atomic E-state index is 0.262. The van der Waals surface area contributed by atoms with Crippen molar-refractivity contribution in [3.8, 4) is 0 Å². The summed E-state index contributed by atoms with van der Waals surface area (Å²) in [7, 11) is 0. The summed E-state index contributed by atoms with van der Waals surface area (Å²) in [6.07, 6.45) is 1.42. The topological polar surface area (TPSA) is 17.1 Å². The van der Waals surface area contributed by atoms with Gasteiger partial charge in [-0.1, -0.05) is 19.3 Å². The first-order valence-corrected chi connectivity index (χ1v) is 7.22. The van der Waals surface area contributed by atoms with E-state index >= 15 is 0 Å². The molecule has 0 N–H and O–H groups in total. The Bertz CT molecular complexity index is 450. The molecule has 1 aromatic rings. The molecule has 1 aromatic carbocycles. The van der Waals surface area contributed by atoms with Crippen LogP contribution in [0.3, 0.4) is 0 Å². The molecule has 2 rings (SSSR count). The van der Waals surface area contributed by atoms with Crippen LogP contribution in [0.2, 0.25) is 0 Å². The number of carbonyl (C=O) groups is 1. The maximum Gasteiger partial charge on any atom is 0.417 e. The summed E-state index contributed by atoms with van der Waals surface area (Å²) in [6.45, 7) is 0. The van der Waals surface area contributed by atoms with Crippen LogP contribution in [0.1, 0.15) is 48.0 Å². The number of aldehydes is 1. The van der Waals surface area contributed by atoms with Gasteiger partial charge in [-0.3, -0.25) is 4.79 Å². The van der Waals surface area contributed by atoms with Crippen LogP contribution in [0, 0.1) is 0 Å². The normalized spacial score (nSPS) is 17.4. The van der Waals surface area contributed by atoms with E-state index in [1.807, 2.05) is 0 Å². The highest BCUT2D eigenvalue weighted by Gasteiger charge is 2.33. The van der Waals surface area contributed by atoms with Gasteiger partial charge < -0.3 is 0 Å². The summed E-state index contributed by atoms with van der Waals surface area (Å²) in [5, 5.41) is 0.400. The fourth-order valence-corrected chi connectivity index (χ4v) is 3.62. The van der Waals surface area contributed by atoms with Gasteiger partial charge >= 0.3 is 6.18 Å². The van der Waals surface area contributed by atoms with Crippen molar-refractivity contribution in [3.05, 3.63) is 29.3 Å². The third-order valence-corrected chi connectivity index (χ3v) is 4.64. The van der Waals surface area contributed by atoms with E-state index < -0.39 is 11.7 Å². The van der Waals surface area contributed by atoms with Crippen molar-refractivity contribution in [1.29, 1.82) is 0 Å². The van der Waals surface area contributed by atoms with Gasteiger partial charge in [0.25, 0.3) is 0 Å². The van der Waals surface area contributed by atoms with Gasteiger partial charge in [-0.2, -0.15) is 13.2 Å². The first kappa shape index (κ1) is 14.4. The molecule has 0 atom stereocenters. The molecule has 19 heavy (non-hydrogen) atoms. The van der Waals surface area contributed by atoms with Crippen molar-refractivity contribution < 1.29 is 18.0 Å². The van der Waals surface area contributed by atoms with Gasteiger partial charge in [0, 0.05) is 15.7 Å². The second-order valence-electron chi connectivity index (χ2n) is 4.74.